The van der Waals surface area contributed by atoms with Gasteiger partial charge in [-0.3, -0.25) is 0 Å². The Bertz CT molecular complexity index is 582. The highest BCUT2D eigenvalue weighted by Gasteiger charge is 2.15. The van der Waals surface area contributed by atoms with E-state index in [1.807, 2.05) is 25.1 Å². The summed E-state index contributed by atoms with van der Waals surface area (Å²) in [6.45, 7) is 2.00. The van der Waals surface area contributed by atoms with Crippen molar-refractivity contribution in [3.05, 3.63) is 69.2 Å². The normalized spacial score (nSPS) is 12.5. The molecule has 0 spiro atoms. The third-order valence-electron chi connectivity index (χ3n) is 2.67. The van der Waals surface area contributed by atoms with Gasteiger partial charge in [-0.1, -0.05) is 50.1 Å². The van der Waals surface area contributed by atoms with Crippen molar-refractivity contribution in [1.82, 2.24) is 0 Å². The molecule has 1 unspecified atom stereocenters. The second-order valence-corrected chi connectivity index (χ2v) is 5.83. The summed E-state index contributed by atoms with van der Waals surface area (Å²) in [6, 6.07) is 9.85. The highest BCUT2D eigenvalue weighted by molar-refractivity contribution is 9.11. The van der Waals surface area contributed by atoms with Crippen LogP contribution in [0.1, 0.15) is 21.5 Å². The molecule has 2 rings (SSSR count). The molecule has 1 atom stereocenters. The monoisotopic (exact) mass is 374 g/mol. The molecule has 0 saturated heterocycles. The molecule has 0 aliphatic heterocycles. The summed E-state index contributed by atoms with van der Waals surface area (Å²) in [4.78, 5) is -0.178. The Morgan fingerprint density at radius 1 is 1.00 bits per heavy atom. The fourth-order valence-corrected chi connectivity index (χ4v) is 3.40. The van der Waals surface area contributed by atoms with Crippen LogP contribution in [0.15, 0.2) is 40.9 Å². The van der Waals surface area contributed by atoms with Gasteiger partial charge in [0, 0.05) is 4.47 Å². The number of halogens is 4. The molecule has 18 heavy (non-hydrogen) atoms. The van der Waals surface area contributed by atoms with E-state index in [4.69, 9.17) is 0 Å². The summed E-state index contributed by atoms with van der Waals surface area (Å²) in [6.07, 6.45) is 0. The minimum atomic E-state index is -0.833. The zero-order valence-electron chi connectivity index (χ0n) is 9.55. The molecule has 4 heteroatoms. The third kappa shape index (κ3) is 2.81. The van der Waals surface area contributed by atoms with Crippen LogP contribution in [0.4, 0.5) is 8.78 Å². The van der Waals surface area contributed by atoms with Gasteiger partial charge in [0.25, 0.3) is 0 Å². The van der Waals surface area contributed by atoms with Crippen LogP contribution in [-0.4, -0.2) is 0 Å². The largest absolute Gasteiger partial charge is 0.204 e. The van der Waals surface area contributed by atoms with Crippen molar-refractivity contribution < 1.29 is 8.78 Å². The summed E-state index contributed by atoms with van der Waals surface area (Å²) in [5.74, 6) is -1.67. The Labute approximate surface area is 121 Å². The van der Waals surface area contributed by atoms with Gasteiger partial charge in [-0.05, 0) is 41.8 Å². The summed E-state index contributed by atoms with van der Waals surface area (Å²) in [7, 11) is 0. The van der Waals surface area contributed by atoms with E-state index in [1.165, 1.54) is 6.07 Å². The zero-order valence-corrected chi connectivity index (χ0v) is 12.7. The first-order valence-electron chi connectivity index (χ1n) is 5.34. The lowest BCUT2D eigenvalue weighted by atomic mass is 10.0. The first-order valence-corrected chi connectivity index (χ1v) is 7.05. The zero-order chi connectivity index (χ0) is 13.3. The Kier molecular flexibility index (Phi) is 4.17. The molecule has 2 aromatic carbocycles. The standard InChI is InChI=1S/C14H10Br2F2/c1-8-2-4-10(11(15)6-8)14(16)9-3-5-12(17)13(18)7-9/h2-7,14H,1H3. The number of benzene rings is 2. The van der Waals surface area contributed by atoms with Crippen molar-refractivity contribution in [1.29, 1.82) is 0 Å². The lowest BCUT2D eigenvalue weighted by Crippen LogP contribution is -1.96. The Balaban J connectivity index is 2.41. The molecule has 0 aliphatic carbocycles. The van der Waals surface area contributed by atoms with Gasteiger partial charge in [0.05, 0.1) is 4.83 Å². The van der Waals surface area contributed by atoms with E-state index in [-0.39, 0.29) is 4.83 Å². The molecule has 0 N–H and O–H groups in total. The molecule has 0 saturated carbocycles. The van der Waals surface area contributed by atoms with Crippen LogP contribution in [0.3, 0.4) is 0 Å². The minimum Gasteiger partial charge on any atom is -0.204 e. The van der Waals surface area contributed by atoms with E-state index in [0.717, 1.165) is 21.7 Å². The fourth-order valence-electron chi connectivity index (χ4n) is 1.69. The van der Waals surface area contributed by atoms with Gasteiger partial charge in [-0.25, -0.2) is 8.78 Å². The molecule has 2 aromatic rings. The van der Waals surface area contributed by atoms with Gasteiger partial charge < -0.3 is 0 Å². The Morgan fingerprint density at radius 2 is 1.72 bits per heavy atom. The van der Waals surface area contributed by atoms with Gasteiger partial charge in [0.1, 0.15) is 0 Å². The lowest BCUT2D eigenvalue weighted by molar-refractivity contribution is 0.507. The van der Waals surface area contributed by atoms with Gasteiger partial charge in [-0.2, -0.15) is 0 Å². The van der Waals surface area contributed by atoms with Gasteiger partial charge >= 0.3 is 0 Å². The van der Waals surface area contributed by atoms with Crippen LogP contribution in [0, 0.1) is 18.6 Å². The molecule has 0 amide bonds. The SMILES string of the molecule is Cc1ccc(C(Br)c2ccc(F)c(F)c2)c(Br)c1. The summed E-state index contributed by atoms with van der Waals surface area (Å²) in [5, 5.41) is 0. The van der Waals surface area contributed by atoms with Crippen LogP contribution in [0.25, 0.3) is 0 Å². The first-order chi connectivity index (χ1) is 8.49. The summed E-state index contributed by atoms with van der Waals surface area (Å²) < 4.78 is 27.0. The highest BCUT2D eigenvalue weighted by atomic mass is 79.9. The van der Waals surface area contributed by atoms with Gasteiger partial charge in [0.2, 0.25) is 0 Å². The summed E-state index contributed by atoms with van der Waals surface area (Å²) in [5.41, 5.74) is 2.79. The maximum absolute atomic E-state index is 13.2. The molecule has 0 nitrogen and oxygen atoms in total. The van der Waals surface area contributed by atoms with E-state index in [0.29, 0.717) is 5.56 Å². The van der Waals surface area contributed by atoms with E-state index >= 15 is 0 Å². The molecule has 0 radical (unpaired) electrons. The lowest BCUT2D eigenvalue weighted by Gasteiger charge is -2.13. The molecule has 0 fully saturated rings. The Morgan fingerprint density at radius 3 is 2.33 bits per heavy atom. The summed E-state index contributed by atoms with van der Waals surface area (Å²) >= 11 is 6.99. The van der Waals surface area contributed by atoms with E-state index < -0.39 is 11.6 Å². The fraction of sp³-hybridized carbons (Fsp3) is 0.143. The van der Waals surface area contributed by atoms with E-state index in [9.17, 15) is 8.78 Å². The molecule has 0 aliphatic rings. The highest BCUT2D eigenvalue weighted by Crippen LogP contribution is 2.36. The Hall–Kier alpha value is -0.740. The first kappa shape index (κ1) is 13.7. The molecular weight excluding hydrogens is 366 g/mol. The topological polar surface area (TPSA) is 0 Å². The number of alkyl halides is 1. The van der Waals surface area contributed by atoms with Crippen molar-refractivity contribution in [3.63, 3.8) is 0 Å². The molecule has 0 heterocycles. The van der Waals surface area contributed by atoms with Crippen LogP contribution in [-0.2, 0) is 0 Å². The second kappa shape index (κ2) is 5.49. The van der Waals surface area contributed by atoms with Crippen molar-refractivity contribution in [2.24, 2.45) is 0 Å². The quantitative estimate of drug-likeness (QED) is 0.606. The predicted octanol–water partition coefficient (Wildman–Crippen LogP) is 5.52. The number of hydrogen-bond acceptors (Lipinski definition) is 0. The molecule has 94 valence electrons. The van der Waals surface area contributed by atoms with Crippen molar-refractivity contribution in [3.8, 4) is 0 Å². The average molecular weight is 376 g/mol. The maximum Gasteiger partial charge on any atom is 0.159 e. The van der Waals surface area contributed by atoms with E-state index in [2.05, 4.69) is 31.9 Å². The van der Waals surface area contributed by atoms with Crippen LogP contribution >= 0.6 is 31.9 Å². The maximum atomic E-state index is 13.2. The number of hydrogen-bond donors (Lipinski definition) is 0. The van der Waals surface area contributed by atoms with Crippen LogP contribution in [0.5, 0.6) is 0 Å². The molecular formula is C14H10Br2F2. The van der Waals surface area contributed by atoms with Gasteiger partial charge in [-0.15, -0.1) is 0 Å². The van der Waals surface area contributed by atoms with Crippen molar-refractivity contribution in [2.45, 2.75) is 11.8 Å². The van der Waals surface area contributed by atoms with Crippen LogP contribution in [0.2, 0.25) is 0 Å². The second-order valence-electron chi connectivity index (χ2n) is 4.06. The molecule has 0 aromatic heterocycles. The average Bonchev–Trinajstić information content (AvgIpc) is 2.32. The van der Waals surface area contributed by atoms with Crippen molar-refractivity contribution >= 4 is 31.9 Å². The predicted molar refractivity (Wildman–Crippen MR) is 76.0 cm³/mol. The smallest absolute Gasteiger partial charge is 0.159 e. The molecule has 0 bridgehead atoms. The number of aryl methyl sites for hydroxylation is 1. The van der Waals surface area contributed by atoms with Crippen LogP contribution < -0.4 is 0 Å². The number of rotatable bonds is 2. The third-order valence-corrected chi connectivity index (χ3v) is 4.37. The minimum absolute atomic E-state index is 0.178. The van der Waals surface area contributed by atoms with Gasteiger partial charge in [0.15, 0.2) is 11.6 Å². The van der Waals surface area contributed by atoms with E-state index in [1.54, 1.807) is 6.07 Å². The van der Waals surface area contributed by atoms with Crippen molar-refractivity contribution in [2.75, 3.05) is 0 Å².